The van der Waals surface area contributed by atoms with Gasteiger partial charge in [-0.2, -0.15) is 4.98 Å². The Morgan fingerprint density at radius 2 is 2.21 bits per heavy atom. The number of methoxy groups -OCH3 is 1. The summed E-state index contributed by atoms with van der Waals surface area (Å²) in [5.41, 5.74) is 3.03. The molecule has 3 nitrogen and oxygen atoms in total. The maximum absolute atomic E-state index is 5.05. The lowest BCUT2D eigenvalue weighted by molar-refractivity contribution is 0.400. The molecule has 0 atom stereocenters. The van der Waals surface area contributed by atoms with Gasteiger partial charge in [-0.25, -0.2) is 0 Å². The van der Waals surface area contributed by atoms with Crippen molar-refractivity contribution in [3.63, 3.8) is 0 Å². The Morgan fingerprint density at radius 3 is 2.86 bits per heavy atom. The third-order valence-corrected chi connectivity index (χ3v) is 2.13. The summed E-state index contributed by atoms with van der Waals surface area (Å²) >= 11 is 0. The SMILES string of the molecule is C=C(C)c1ccc2nc(OC)cn2c1. The van der Waals surface area contributed by atoms with E-state index in [-0.39, 0.29) is 0 Å². The molecule has 2 heterocycles. The lowest BCUT2D eigenvalue weighted by atomic mass is 10.1. The Morgan fingerprint density at radius 1 is 1.43 bits per heavy atom. The first-order valence-electron chi connectivity index (χ1n) is 4.39. The minimum Gasteiger partial charge on any atom is -0.480 e. The van der Waals surface area contributed by atoms with Gasteiger partial charge >= 0.3 is 0 Å². The standard InChI is InChI=1S/C11H12N2O/c1-8(2)9-4-5-10-12-11(14-3)7-13(10)6-9/h4-7H,1H2,2-3H3. The quantitative estimate of drug-likeness (QED) is 0.723. The molecule has 0 aliphatic rings. The second-order valence-electron chi connectivity index (χ2n) is 3.25. The van der Waals surface area contributed by atoms with E-state index >= 15 is 0 Å². The van der Waals surface area contributed by atoms with Crippen LogP contribution in [0, 0.1) is 0 Å². The number of aromatic nitrogens is 2. The van der Waals surface area contributed by atoms with Crippen molar-refractivity contribution in [2.75, 3.05) is 7.11 Å². The van der Waals surface area contributed by atoms with Crippen LogP contribution in [0.3, 0.4) is 0 Å². The number of nitrogens with zero attached hydrogens (tertiary/aromatic N) is 2. The highest BCUT2D eigenvalue weighted by Gasteiger charge is 2.01. The highest BCUT2D eigenvalue weighted by atomic mass is 16.5. The molecular formula is C11H12N2O. The summed E-state index contributed by atoms with van der Waals surface area (Å²) in [6.07, 6.45) is 3.84. The number of fused-ring (bicyclic) bond motifs is 1. The number of ether oxygens (including phenoxy) is 1. The number of pyridine rings is 1. The summed E-state index contributed by atoms with van der Waals surface area (Å²) in [6.45, 7) is 5.88. The Balaban J connectivity index is 2.59. The molecule has 0 aliphatic heterocycles. The lowest BCUT2D eigenvalue weighted by Crippen LogP contribution is -1.85. The average Bonchev–Trinajstić information content (AvgIpc) is 2.58. The molecule has 0 radical (unpaired) electrons. The summed E-state index contributed by atoms with van der Waals surface area (Å²) in [5.74, 6) is 0.629. The van der Waals surface area contributed by atoms with Crippen LogP contribution in [0.2, 0.25) is 0 Å². The van der Waals surface area contributed by atoms with Crippen LogP contribution in [0.4, 0.5) is 0 Å². The lowest BCUT2D eigenvalue weighted by Gasteiger charge is -1.99. The summed E-state index contributed by atoms with van der Waals surface area (Å²) in [7, 11) is 1.61. The van der Waals surface area contributed by atoms with Crippen LogP contribution in [0.25, 0.3) is 11.2 Å². The van der Waals surface area contributed by atoms with E-state index < -0.39 is 0 Å². The molecule has 0 bridgehead atoms. The molecule has 0 unspecified atom stereocenters. The normalized spacial score (nSPS) is 10.4. The first kappa shape index (κ1) is 8.81. The molecule has 0 spiro atoms. The van der Waals surface area contributed by atoms with Gasteiger partial charge in [0.2, 0.25) is 5.88 Å². The van der Waals surface area contributed by atoms with Crippen molar-refractivity contribution in [3.8, 4) is 5.88 Å². The second-order valence-corrected chi connectivity index (χ2v) is 3.25. The smallest absolute Gasteiger partial charge is 0.232 e. The van der Waals surface area contributed by atoms with E-state index in [9.17, 15) is 0 Å². The number of allylic oxidation sites excluding steroid dienone is 1. The largest absolute Gasteiger partial charge is 0.480 e. The topological polar surface area (TPSA) is 26.5 Å². The van der Waals surface area contributed by atoms with E-state index in [0.717, 1.165) is 16.8 Å². The molecular weight excluding hydrogens is 176 g/mol. The van der Waals surface area contributed by atoms with Crippen LogP contribution in [-0.4, -0.2) is 16.5 Å². The zero-order chi connectivity index (χ0) is 10.1. The molecule has 2 aromatic heterocycles. The number of imidazole rings is 1. The van der Waals surface area contributed by atoms with Gasteiger partial charge in [-0.1, -0.05) is 6.58 Å². The molecule has 72 valence electrons. The number of hydrogen-bond donors (Lipinski definition) is 0. The predicted molar refractivity (Wildman–Crippen MR) is 56.5 cm³/mol. The maximum atomic E-state index is 5.05. The molecule has 0 saturated carbocycles. The molecule has 0 amide bonds. The molecule has 0 saturated heterocycles. The highest BCUT2D eigenvalue weighted by Crippen LogP contribution is 2.16. The molecule has 2 aromatic rings. The fraction of sp³-hybridized carbons (Fsp3) is 0.182. The second kappa shape index (κ2) is 3.18. The molecule has 0 N–H and O–H groups in total. The van der Waals surface area contributed by atoms with E-state index in [1.165, 1.54) is 0 Å². The van der Waals surface area contributed by atoms with Crippen molar-refractivity contribution in [1.82, 2.24) is 9.38 Å². The third kappa shape index (κ3) is 1.37. The first-order valence-corrected chi connectivity index (χ1v) is 4.39. The van der Waals surface area contributed by atoms with Gasteiger partial charge in [-0.15, -0.1) is 0 Å². The van der Waals surface area contributed by atoms with Crippen molar-refractivity contribution in [2.45, 2.75) is 6.92 Å². The number of rotatable bonds is 2. The van der Waals surface area contributed by atoms with Crippen molar-refractivity contribution in [1.29, 1.82) is 0 Å². The molecule has 0 aromatic carbocycles. The monoisotopic (exact) mass is 188 g/mol. The summed E-state index contributed by atoms with van der Waals surface area (Å²) < 4.78 is 6.98. The van der Waals surface area contributed by atoms with Gasteiger partial charge in [0.25, 0.3) is 0 Å². The van der Waals surface area contributed by atoms with Crippen molar-refractivity contribution in [2.24, 2.45) is 0 Å². The minimum absolute atomic E-state index is 0.629. The molecule has 2 rings (SSSR count). The molecule has 0 fully saturated rings. The molecule has 3 heteroatoms. The Bertz CT molecular complexity index is 485. The van der Waals surface area contributed by atoms with E-state index in [1.807, 2.05) is 35.9 Å². The van der Waals surface area contributed by atoms with Crippen LogP contribution in [-0.2, 0) is 0 Å². The van der Waals surface area contributed by atoms with Crippen LogP contribution < -0.4 is 4.74 Å². The molecule has 0 aliphatic carbocycles. The van der Waals surface area contributed by atoms with Crippen molar-refractivity contribution >= 4 is 11.2 Å². The summed E-state index contributed by atoms with van der Waals surface area (Å²) in [6, 6.07) is 3.96. The van der Waals surface area contributed by atoms with Gasteiger partial charge in [-0.05, 0) is 30.2 Å². The highest BCUT2D eigenvalue weighted by molar-refractivity contribution is 5.62. The van der Waals surface area contributed by atoms with Crippen LogP contribution in [0.5, 0.6) is 5.88 Å². The molecule has 14 heavy (non-hydrogen) atoms. The van der Waals surface area contributed by atoms with E-state index in [0.29, 0.717) is 5.88 Å². The van der Waals surface area contributed by atoms with Crippen LogP contribution in [0.15, 0.2) is 31.1 Å². The average molecular weight is 188 g/mol. The third-order valence-electron chi connectivity index (χ3n) is 2.13. The first-order chi connectivity index (χ1) is 6.70. The van der Waals surface area contributed by atoms with E-state index in [4.69, 9.17) is 4.74 Å². The van der Waals surface area contributed by atoms with Gasteiger partial charge in [0.1, 0.15) is 5.65 Å². The van der Waals surface area contributed by atoms with E-state index in [2.05, 4.69) is 11.6 Å². The van der Waals surface area contributed by atoms with Gasteiger partial charge in [0.05, 0.1) is 13.3 Å². The Hall–Kier alpha value is -1.77. The van der Waals surface area contributed by atoms with Crippen molar-refractivity contribution in [3.05, 3.63) is 36.7 Å². The van der Waals surface area contributed by atoms with Crippen LogP contribution >= 0.6 is 0 Å². The van der Waals surface area contributed by atoms with Crippen LogP contribution in [0.1, 0.15) is 12.5 Å². The van der Waals surface area contributed by atoms with Crippen molar-refractivity contribution < 1.29 is 4.74 Å². The number of hydrogen-bond acceptors (Lipinski definition) is 2. The zero-order valence-corrected chi connectivity index (χ0v) is 8.32. The predicted octanol–water partition coefficient (Wildman–Crippen LogP) is 2.38. The van der Waals surface area contributed by atoms with Gasteiger partial charge in [0.15, 0.2) is 0 Å². The van der Waals surface area contributed by atoms with Gasteiger partial charge in [-0.3, -0.25) is 0 Å². The summed E-state index contributed by atoms with van der Waals surface area (Å²) in [5, 5.41) is 0. The van der Waals surface area contributed by atoms with Gasteiger partial charge < -0.3 is 9.14 Å². The Labute approximate surface area is 82.7 Å². The fourth-order valence-corrected chi connectivity index (χ4v) is 1.32. The summed E-state index contributed by atoms with van der Waals surface area (Å²) in [4.78, 5) is 4.24. The fourth-order valence-electron chi connectivity index (χ4n) is 1.32. The maximum Gasteiger partial charge on any atom is 0.232 e. The zero-order valence-electron chi connectivity index (χ0n) is 8.32. The van der Waals surface area contributed by atoms with Gasteiger partial charge in [0, 0.05) is 6.20 Å². The van der Waals surface area contributed by atoms with E-state index in [1.54, 1.807) is 7.11 Å². The Kier molecular flexibility index (Phi) is 2.00. The minimum atomic E-state index is 0.629.